The number of carbonyl (C=O) groups excluding carboxylic acids is 1. The summed E-state index contributed by atoms with van der Waals surface area (Å²) < 4.78 is 0. The maximum absolute atomic E-state index is 11.8. The average molecular weight is 302 g/mol. The summed E-state index contributed by atoms with van der Waals surface area (Å²) in [4.78, 5) is 12.4. The van der Waals surface area contributed by atoms with Crippen molar-refractivity contribution in [2.75, 3.05) is 6.54 Å². The van der Waals surface area contributed by atoms with Gasteiger partial charge in [-0.2, -0.15) is 0 Å². The first-order valence-corrected chi connectivity index (χ1v) is 8.01. The van der Waals surface area contributed by atoms with E-state index < -0.39 is 0 Å². The molecule has 2 aliphatic carbocycles. The first-order chi connectivity index (χ1) is 8.19. The zero-order chi connectivity index (χ0) is 12.3. The summed E-state index contributed by atoms with van der Waals surface area (Å²) in [7, 11) is 0. The summed E-state index contributed by atoms with van der Waals surface area (Å²) in [5.74, 6) is 2.79. The van der Waals surface area contributed by atoms with Crippen LogP contribution in [0.4, 0.5) is 0 Å². The molecule has 4 atom stereocenters. The van der Waals surface area contributed by atoms with Gasteiger partial charge in [-0.3, -0.25) is 4.79 Å². The molecular weight excluding hydrogens is 278 g/mol. The van der Waals surface area contributed by atoms with Crippen molar-refractivity contribution in [3.8, 4) is 0 Å². The van der Waals surface area contributed by atoms with Crippen LogP contribution in [0.2, 0.25) is 0 Å². The van der Waals surface area contributed by atoms with Crippen LogP contribution >= 0.6 is 15.9 Å². The second-order valence-corrected chi connectivity index (χ2v) is 7.08. The summed E-state index contributed by atoms with van der Waals surface area (Å²) in [5, 5.41) is 3.07. The number of amides is 1. The highest BCUT2D eigenvalue weighted by atomic mass is 79.9. The van der Waals surface area contributed by atoms with Gasteiger partial charge in [-0.25, -0.2) is 0 Å². The lowest BCUT2D eigenvalue weighted by atomic mass is 9.86. The van der Waals surface area contributed by atoms with Crippen LogP contribution in [0.1, 0.15) is 51.9 Å². The minimum absolute atomic E-state index is 0.276. The van der Waals surface area contributed by atoms with Gasteiger partial charge in [0.15, 0.2) is 0 Å². The van der Waals surface area contributed by atoms with Gasteiger partial charge in [0.1, 0.15) is 0 Å². The maximum atomic E-state index is 11.8. The second-order valence-electron chi connectivity index (χ2n) is 5.78. The number of carbonyl (C=O) groups is 1. The fourth-order valence-electron chi connectivity index (χ4n) is 3.51. The molecular formula is C14H24BrNO. The van der Waals surface area contributed by atoms with Crippen LogP contribution in [-0.4, -0.2) is 17.3 Å². The van der Waals surface area contributed by atoms with E-state index in [2.05, 4.69) is 28.2 Å². The van der Waals surface area contributed by atoms with Crippen molar-refractivity contribution in [2.24, 2.45) is 17.8 Å². The van der Waals surface area contributed by atoms with Gasteiger partial charge in [-0.1, -0.05) is 29.3 Å². The van der Waals surface area contributed by atoms with Crippen LogP contribution in [0, 0.1) is 17.8 Å². The van der Waals surface area contributed by atoms with E-state index in [0.717, 1.165) is 37.6 Å². The summed E-state index contributed by atoms with van der Waals surface area (Å²) in [6.45, 7) is 2.99. The van der Waals surface area contributed by atoms with Gasteiger partial charge in [0.2, 0.25) is 5.91 Å². The largest absolute Gasteiger partial charge is 0.356 e. The number of hydrogen-bond donors (Lipinski definition) is 1. The molecule has 0 aliphatic heterocycles. The molecule has 0 aromatic carbocycles. The Bertz CT molecular complexity index is 269. The molecule has 2 nitrogen and oxygen atoms in total. The van der Waals surface area contributed by atoms with E-state index in [0.29, 0.717) is 10.7 Å². The number of halogens is 1. The van der Waals surface area contributed by atoms with Gasteiger partial charge in [0, 0.05) is 17.8 Å². The predicted molar refractivity (Wildman–Crippen MR) is 74.2 cm³/mol. The third kappa shape index (κ3) is 3.70. The van der Waals surface area contributed by atoms with Crippen molar-refractivity contribution in [3.63, 3.8) is 0 Å². The molecule has 0 heterocycles. The van der Waals surface area contributed by atoms with Crippen LogP contribution < -0.4 is 5.32 Å². The van der Waals surface area contributed by atoms with E-state index in [4.69, 9.17) is 0 Å². The van der Waals surface area contributed by atoms with Gasteiger partial charge < -0.3 is 5.32 Å². The molecule has 2 bridgehead atoms. The summed E-state index contributed by atoms with van der Waals surface area (Å²) in [6.07, 6.45) is 8.46. The van der Waals surface area contributed by atoms with Crippen LogP contribution in [0.5, 0.6) is 0 Å². The van der Waals surface area contributed by atoms with Crippen LogP contribution in [0.15, 0.2) is 0 Å². The molecule has 2 saturated carbocycles. The monoisotopic (exact) mass is 301 g/mol. The molecule has 2 fully saturated rings. The third-order valence-electron chi connectivity index (χ3n) is 4.55. The molecule has 0 aromatic heterocycles. The number of rotatable bonds is 6. The standard InChI is InChI=1S/C14H24BrNO/c1-2-13(15)5-6-16-14(17)9-12-8-10-3-4-11(12)7-10/h10-13H,2-9H2,1H3,(H,16,17). The Morgan fingerprint density at radius 3 is 2.82 bits per heavy atom. The molecule has 0 spiro atoms. The molecule has 1 N–H and O–H groups in total. The topological polar surface area (TPSA) is 29.1 Å². The van der Waals surface area contributed by atoms with E-state index >= 15 is 0 Å². The lowest BCUT2D eigenvalue weighted by molar-refractivity contribution is -0.122. The highest BCUT2D eigenvalue weighted by Gasteiger charge is 2.39. The molecule has 0 saturated heterocycles. The van der Waals surface area contributed by atoms with Gasteiger partial charge >= 0.3 is 0 Å². The molecule has 1 amide bonds. The first-order valence-electron chi connectivity index (χ1n) is 7.09. The smallest absolute Gasteiger partial charge is 0.220 e. The second kappa shape index (κ2) is 6.21. The van der Waals surface area contributed by atoms with Crippen molar-refractivity contribution in [3.05, 3.63) is 0 Å². The van der Waals surface area contributed by atoms with Crippen molar-refractivity contribution < 1.29 is 4.79 Å². The summed E-state index contributed by atoms with van der Waals surface area (Å²) >= 11 is 3.59. The lowest BCUT2D eigenvalue weighted by Gasteiger charge is -2.21. The van der Waals surface area contributed by atoms with Crippen molar-refractivity contribution in [2.45, 2.75) is 56.7 Å². The minimum Gasteiger partial charge on any atom is -0.356 e. The van der Waals surface area contributed by atoms with Crippen LogP contribution in [0.25, 0.3) is 0 Å². The Balaban J connectivity index is 1.61. The van der Waals surface area contributed by atoms with Gasteiger partial charge in [-0.05, 0) is 49.9 Å². The van der Waals surface area contributed by atoms with Crippen molar-refractivity contribution in [1.29, 1.82) is 0 Å². The Morgan fingerprint density at radius 2 is 2.24 bits per heavy atom. The number of fused-ring (bicyclic) bond motifs is 2. The van der Waals surface area contributed by atoms with Crippen molar-refractivity contribution >= 4 is 21.8 Å². The number of nitrogens with one attached hydrogen (secondary N) is 1. The SMILES string of the molecule is CCC(Br)CCNC(=O)CC1CC2CCC1C2. The van der Waals surface area contributed by atoms with Gasteiger partial charge in [0.25, 0.3) is 0 Å². The van der Waals surface area contributed by atoms with Gasteiger partial charge in [0.05, 0.1) is 0 Å². The quantitative estimate of drug-likeness (QED) is 0.748. The molecule has 3 heteroatoms. The Labute approximate surface area is 113 Å². The minimum atomic E-state index is 0.276. The predicted octanol–water partition coefficient (Wildman–Crippen LogP) is 3.49. The molecule has 4 unspecified atom stereocenters. The Morgan fingerprint density at radius 1 is 1.41 bits per heavy atom. The fraction of sp³-hybridized carbons (Fsp3) is 0.929. The normalized spacial score (nSPS) is 32.7. The molecule has 17 heavy (non-hydrogen) atoms. The van der Waals surface area contributed by atoms with E-state index in [-0.39, 0.29) is 5.91 Å². The van der Waals surface area contributed by atoms with E-state index in [9.17, 15) is 4.79 Å². The molecule has 0 radical (unpaired) electrons. The van der Waals surface area contributed by atoms with Crippen LogP contribution in [0.3, 0.4) is 0 Å². The zero-order valence-electron chi connectivity index (χ0n) is 10.8. The van der Waals surface area contributed by atoms with E-state index in [1.165, 1.54) is 25.7 Å². The third-order valence-corrected chi connectivity index (χ3v) is 5.66. The number of hydrogen-bond acceptors (Lipinski definition) is 1. The fourth-order valence-corrected chi connectivity index (χ4v) is 3.74. The molecule has 0 aromatic rings. The van der Waals surface area contributed by atoms with E-state index in [1.807, 2.05) is 0 Å². The van der Waals surface area contributed by atoms with Crippen LogP contribution in [-0.2, 0) is 4.79 Å². The summed E-state index contributed by atoms with van der Waals surface area (Å²) in [6, 6.07) is 0. The molecule has 2 aliphatic rings. The van der Waals surface area contributed by atoms with Gasteiger partial charge in [-0.15, -0.1) is 0 Å². The van der Waals surface area contributed by atoms with E-state index in [1.54, 1.807) is 0 Å². The Hall–Kier alpha value is -0.0500. The average Bonchev–Trinajstić information content (AvgIpc) is 2.90. The lowest BCUT2D eigenvalue weighted by Crippen LogP contribution is -2.29. The summed E-state index contributed by atoms with van der Waals surface area (Å²) in [5.41, 5.74) is 0. The maximum Gasteiger partial charge on any atom is 0.220 e. The molecule has 98 valence electrons. The first kappa shape index (κ1) is 13.4. The highest BCUT2D eigenvalue weighted by molar-refractivity contribution is 9.09. The number of alkyl halides is 1. The zero-order valence-corrected chi connectivity index (χ0v) is 12.3. The highest BCUT2D eigenvalue weighted by Crippen LogP contribution is 2.49. The molecule has 2 rings (SSSR count). The Kier molecular flexibility index (Phi) is 4.89. The van der Waals surface area contributed by atoms with Crippen molar-refractivity contribution in [1.82, 2.24) is 5.32 Å².